The van der Waals surface area contributed by atoms with E-state index in [0.717, 1.165) is 0 Å². The number of ether oxygens (including phenoxy) is 1. The van der Waals surface area contributed by atoms with E-state index in [2.05, 4.69) is 9.99 Å². The first-order valence-corrected chi connectivity index (χ1v) is 7.94. The number of carbonyl (C=O) groups excluding carboxylic acids is 1. The second-order valence-corrected chi connectivity index (χ2v) is 5.85. The number of rotatable bonds is 7. The molecule has 0 radical (unpaired) electrons. The number of carbonyl (C=O) groups is 1. The number of nitrogens with zero attached hydrogens (tertiary/aromatic N) is 2. The Labute approximate surface area is 158 Å². The molecule has 0 spiro atoms. The summed E-state index contributed by atoms with van der Waals surface area (Å²) in [6.07, 6.45) is 0.162. The summed E-state index contributed by atoms with van der Waals surface area (Å²) < 4.78 is 5.20. The summed E-state index contributed by atoms with van der Waals surface area (Å²) in [7, 11) is 0. The summed E-state index contributed by atoms with van der Waals surface area (Å²) in [5.41, 5.74) is 6.31. The molecule has 2 aromatic rings. The van der Waals surface area contributed by atoms with Crippen LogP contribution >= 0.6 is 23.2 Å². The minimum atomic E-state index is -0.775. The first-order valence-electron chi connectivity index (χ1n) is 7.18. The highest BCUT2D eigenvalue weighted by atomic mass is 35.5. The van der Waals surface area contributed by atoms with Gasteiger partial charge in [0.2, 0.25) is 0 Å². The van der Waals surface area contributed by atoms with E-state index in [4.69, 9.17) is 33.7 Å². The lowest BCUT2D eigenvalue weighted by molar-refractivity contribution is -0.384. The van der Waals surface area contributed by atoms with Gasteiger partial charge in [0.15, 0.2) is 6.61 Å². The molecule has 2 rings (SSSR count). The topological polar surface area (TPSA) is 117 Å². The van der Waals surface area contributed by atoms with Crippen molar-refractivity contribution in [2.45, 2.75) is 6.42 Å². The van der Waals surface area contributed by atoms with Crippen LogP contribution in [-0.2, 0) is 16.1 Å². The smallest absolute Gasteiger partial charge is 0.372 e. The Bertz CT molecular complexity index is 840. The van der Waals surface area contributed by atoms with Gasteiger partial charge in [0.05, 0.1) is 9.95 Å². The molecule has 0 aromatic heterocycles. The lowest BCUT2D eigenvalue weighted by atomic mass is 10.1. The van der Waals surface area contributed by atoms with Crippen LogP contribution < -0.4 is 10.5 Å². The van der Waals surface area contributed by atoms with Gasteiger partial charge in [0, 0.05) is 23.6 Å². The molecule has 0 saturated carbocycles. The van der Waals surface area contributed by atoms with Gasteiger partial charge in [-0.15, -0.1) is 0 Å². The van der Waals surface area contributed by atoms with E-state index in [9.17, 15) is 14.9 Å². The van der Waals surface area contributed by atoms with Crippen LogP contribution in [0.1, 0.15) is 5.56 Å². The van der Waals surface area contributed by atoms with Gasteiger partial charge in [-0.3, -0.25) is 10.1 Å². The molecule has 10 heteroatoms. The van der Waals surface area contributed by atoms with Crippen molar-refractivity contribution in [3.63, 3.8) is 0 Å². The van der Waals surface area contributed by atoms with Gasteiger partial charge in [0.25, 0.3) is 5.69 Å². The lowest BCUT2D eigenvalue weighted by Gasteiger charge is -2.06. The zero-order valence-electron chi connectivity index (χ0n) is 13.2. The molecule has 0 amide bonds. The summed E-state index contributed by atoms with van der Waals surface area (Å²) in [4.78, 5) is 26.3. The number of nitro benzene ring substituents is 1. The van der Waals surface area contributed by atoms with Gasteiger partial charge in [0.1, 0.15) is 11.6 Å². The molecule has 0 saturated heterocycles. The van der Waals surface area contributed by atoms with Crippen LogP contribution in [-0.4, -0.2) is 23.3 Å². The number of halogens is 2. The van der Waals surface area contributed by atoms with Crippen LogP contribution in [0.2, 0.25) is 10.0 Å². The van der Waals surface area contributed by atoms with Crippen LogP contribution in [0.4, 0.5) is 5.69 Å². The highest BCUT2D eigenvalue weighted by Gasteiger charge is 2.09. The van der Waals surface area contributed by atoms with Crippen LogP contribution in [0.25, 0.3) is 0 Å². The molecule has 26 heavy (non-hydrogen) atoms. The minimum absolute atomic E-state index is 0.0247. The van der Waals surface area contributed by atoms with E-state index in [1.54, 1.807) is 6.07 Å². The van der Waals surface area contributed by atoms with Crippen molar-refractivity contribution in [1.29, 1.82) is 0 Å². The highest BCUT2D eigenvalue weighted by Crippen LogP contribution is 2.27. The Kier molecular flexibility index (Phi) is 6.76. The molecular weight excluding hydrogens is 385 g/mol. The number of nitro groups is 1. The average molecular weight is 398 g/mol. The van der Waals surface area contributed by atoms with E-state index in [1.165, 1.54) is 36.4 Å². The van der Waals surface area contributed by atoms with E-state index in [-0.39, 0.29) is 28.7 Å². The molecule has 0 fully saturated rings. The fourth-order valence-corrected chi connectivity index (χ4v) is 2.30. The maximum atomic E-state index is 11.6. The standard InChI is InChI=1S/C16H13Cl2N3O5/c17-11-3-6-14(13(18)8-11)25-9-16(22)26-20-15(19)7-10-1-4-12(5-2-10)21(23)24/h1-6,8H,7,9H2,(H2,19,20). The molecule has 8 nitrogen and oxygen atoms in total. The van der Waals surface area contributed by atoms with Crippen molar-refractivity contribution in [2.24, 2.45) is 10.9 Å². The van der Waals surface area contributed by atoms with Gasteiger partial charge in [-0.1, -0.05) is 40.5 Å². The van der Waals surface area contributed by atoms with E-state index in [1.807, 2.05) is 0 Å². The van der Waals surface area contributed by atoms with Crippen molar-refractivity contribution in [2.75, 3.05) is 6.61 Å². The summed E-state index contributed by atoms with van der Waals surface area (Å²) in [6, 6.07) is 10.3. The third-order valence-corrected chi connectivity index (χ3v) is 3.57. The van der Waals surface area contributed by atoms with E-state index in [0.29, 0.717) is 10.6 Å². The normalized spacial score (nSPS) is 11.1. The zero-order valence-corrected chi connectivity index (χ0v) is 14.7. The fourth-order valence-electron chi connectivity index (χ4n) is 1.84. The molecule has 0 bridgehead atoms. The van der Waals surface area contributed by atoms with E-state index < -0.39 is 17.5 Å². The van der Waals surface area contributed by atoms with Crippen molar-refractivity contribution in [1.82, 2.24) is 0 Å². The predicted molar refractivity (Wildman–Crippen MR) is 96.5 cm³/mol. The molecule has 136 valence electrons. The molecule has 0 aliphatic heterocycles. The zero-order chi connectivity index (χ0) is 19.1. The number of amidine groups is 1. The van der Waals surface area contributed by atoms with Gasteiger partial charge in [-0.2, -0.15) is 0 Å². The Morgan fingerprint density at radius 1 is 1.19 bits per heavy atom. The number of non-ortho nitro benzene ring substituents is 1. The minimum Gasteiger partial charge on any atom is -0.480 e. The number of oxime groups is 1. The molecule has 0 aliphatic carbocycles. The molecule has 0 atom stereocenters. The van der Waals surface area contributed by atoms with Gasteiger partial charge >= 0.3 is 5.97 Å². The predicted octanol–water partition coefficient (Wildman–Crippen LogP) is 3.34. The monoisotopic (exact) mass is 397 g/mol. The Morgan fingerprint density at radius 3 is 2.50 bits per heavy atom. The Morgan fingerprint density at radius 2 is 1.88 bits per heavy atom. The van der Waals surface area contributed by atoms with Gasteiger partial charge in [-0.25, -0.2) is 4.79 Å². The Hall–Kier alpha value is -2.84. The number of hydrogen-bond acceptors (Lipinski definition) is 6. The van der Waals surface area contributed by atoms with Crippen molar-refractivity contribution >= 4 is 40.7 Å². The number of benzene rings is 2. The second kappa shape index (κ2) is 9.02. The van der Waals surface area contributed by atoms with Gasteiger partial charge in [-0.05, 0) is 23.8 Å². The van der Waals surface area contributed by atoms with Crippen LogP contribution in [0.3, 0.4) is 0 Å². The van der Waals surface area contributed by atoms with Crippen LogP contribution in [0.15, 0.2) is 47.6 Å². The third kappa shape index (κ3) is 5.91. The summed E-state index contributed by atoms with van der Waals surface area (Å²) in [6.45, 7) is -0.421. The molecule has 0 unspecified atom stereocenters. The van der Waals surface area contributed by atoms with E-state index >= 15 is 0 Å². The van der Waals surface area contributed by atoms with Crippen molar-refractivity contribution in [3.05, 3.63) is 68.2 Å². The molecule has 2 N–H and O–H groups in total. The van der Waals surface area contributed by atoms with Crippen LogP contribution in [0.5, 0.6) is 5.75 Å². The molecular formula is C16H13Cl2N3O5. The number of nitrogens with two attached hydrogens (primary N) is 1. The number of hydrogen-bond donors (Lipinski definition) is 1. The largest absolute Gasteiger partial charge is 0.480 e. The third-order valence-electron chi connectivity index (χ3n) is 3.04. The summed E-state index contributed by atoms with van der Waals surface area (Å²) in [5, 5.41) is 14.8. The average Bonchev–Trinajstić information content (AvgIpc) is 2.59. The van der Waals surface area contributed by atoms with Crippen molar-refractivity contribution < 1.29 is 19.3 Å². The first kappa shape index (κ1) is 19.5. The summed E-state index contributed by atoms with van der Waals surface area (Å²) >= 11 is 11.7. The van der Waals surface area contributed by atoms with Crippen molar-refractivity contribution in [3.8, 4) is 5.75 Å². The molecule has 0 heterocycles. The quantitative estimate of drug-likeness (QED) is 0.251. The molecule has 2 aromatic carbocycles. The second-order valence-electron chi connectivity index (χ2n) is 5.01. The fraction of sp³-hybridized carbons (Fsp3) is 0.125. The maximum absolute atomic E-state index is 11.6. The lowest BCUT2D eigenvalue weighted by Crippen LogP contribution is -2.19. The maximum Gasteiger partial charge on any atom is 0.372 e. The van der Waals surface area contributed by atoms with Crippen LogP contribution in [0, 0.1) is 10.1 Å². The first-order chi connectivity index (χ1) is 12.3. The highest BCUT2D eigenvalue weighted by molar-refractivity contribution is 6.35. The summed E-state index contributed by atoms with van der Waals surface area (Å²) in [5.74, 6) is -0.477. The molecule has 0 aliphatic rings. The Balaban J connectivity index is 1.83. The SMILES string of the molecule is N/C(Cc1ccc([N+](=O)[O-])cc1)=N\OC(=O)COc1ccc(Cl)cc1Cl. The van der Waals surface area contributed by atoms with Gasteiger partial charge < -0.3 is 15.3 Å².